The van der Waals surface area contributed by atoms with Crippen LogP contribution in [-0.2, 0) is 17.6 Å². The second-order valence-electron chi connectivity index (χ2n) is 5.71. The van der Waals surface area contributed by atoms with Crippen LogP contribution >= 0.6 is 22.9 Å². The Labute approximate surface area is 149 Å². The molecule has 7 nitrogen and oxygen atoms in total. The lowest BCUT2D eigenvalue weighted by Crippen LogP contribution is -2.34. The minimum Gasteiger partial charge on any atom is -0.384 e. The van der Waals surface area contributed by atoms with E-state index in [-0.39, 0.29) is 0 Å². The second kappa shape index (κ2) is 7.92. The van der Waals surface area contributed by atoms with Crippen LogP contribution in [0.5, 0.6) is 0 Å². The average molecular weight is 368 g/mol. The Morgan fingerprint density at radius 1 is 1.42 bits per heavy atom. The first-order chi connectivity index (χ1) is 11.7. The largest absolute Gasteiger partial charge is 0.384 e. The van der Waals surface area contributed by atoms with Gasteiger partial charge in [-0.2, -0.15) is 10.2 Å². The van der Waals surface area contributed by atoms with Crippen LogP contribution in [0.2, 0.25) is 4.34 Å². The smallest absolute Gasteiger partial charge is 0.226 e. The Bertz CT molecular complexity index is 718. The zero-order chi connectivity index (χ0) is 16.9. The van der Waals surface area contributed by atoms with Gasteiger partial charge in [0.15, 0.2) is 16.6 Å². The lowest BCUT2D eigenvalue weighted by atomic mass is 9.94. The molecule has 3 rings (SSSR count). The molecule has 3 heterocycles. The zero-order valence-electron chi connectivity index (χ0n) is 13.4. The van der Waals surface area contributed by atoms with Crippen LogP contribution in [0.15, 0.2) is 4.52 Å². The molecule has 1 fully saturated rings. The van der Waals surface area contributed by atoms with Crippen molar-refractivity contribution in [2.75, 3.05) is 31.7 Å². The normalized spacial score (nSPS) is 15.6. The fraction of sp³-hybridized carbons (Fsp3) is 0.600. The molecule has 0 atom stereocenters. The van der Waals surface area contributed by atoms with Gasteiger partial charge in [-0.05, 0) is 18.8 Å². The minimum atomic E-state index is 0.313. The number of methoxy groups -OCH3 is 1. The van der Waals surface area contributed by atoms with E-state index in [1.54, 1.807) is 7.11 Å². The molecular formula is C15H18ClN5O2S. The van der Waals surface area contributed by atoms with Gasteiger partial charge in [0.05, 0.1) is 6.61 Å². The third-order valence-electron chi connectivity index (χ3n) is 4.07. The Hall–Kier alpha value is -1.69. The summed E-state index contributed by atoms with van der Waals surface area (Å²) in [6, 6.07) is 2.02. The lowest BCUT2D eigenvalue weighted by Gasteiger charge is -2.31. The van der Waals surface area contributed by atoms with Crippen molar-refractivity contribution in [2.24, 2.45) is 5.92 Å². The van der Waals surface area contributed by atoms with Crippen molar-refractivity contribution in [3.63, 3.8) is 0 Å². The number of ether oxygens (including phenoxy) is 1. The highest BCUT2D eigenvalue weighted by atomic mass is 35.5. The molecule has 0 aromatic carbocycles. The van der Waals surface area contributed by atoms with Crippen molar-refractivity contribution >= 4 is 28.1 Å². The van der Waals surface area contributed by atoms with Crippen molar-refractivity contribution in [1.82, 2.24) is 15.1 Å². The minimum absolute atomic E-state index is 0.313. The van der Waals surface area contributed by atoms with Gasteiger partial charge in [-0.3, -0.25) is 0 Å². The van der Waals surface area contributed by atoms with E-state index in [9.17, 15) is 0 Å². The fourth-order valence-electron chi connectivity index (χ4n) is 2.74. The van der Waals surface area contributed by atoms with Crippen molar-refractivity contribution < 1.29 is 9.26 Å². The third kappa shape index (κ3) is 4.04. The van der Waals surface area contributed by atoms with E-state index in [1.165, 1.54) is 11.3 Å². The van der Waals surface area contributed by atoms with E-state index in [1.807, 2.05) is 6.07 Å². The van der Waals surface area contributed by atoms with Crippen LogP contribution < -0.4 is 4.90 Å². The molecule has 1 aliphatic heterocycles. The summed E-state index contributed by atoms with van der Waals surface area (Å²) in [4.78, 5) is 10.9. The van der Waals surface area contributed by atoms with E-state index >= 15 is 0 Å². The summed E-state index contributed by atoms with van der Waals surface area (Å²) in [5.74, 6) is 1.91. The van der Waals surface area contributed by atoms with Crippen LogP contribution in [-0.4, -0.2) is 41.9 Å². The number of halogens is 1. The summed E-state index contributed by atoms with van der Waals surface area (Å²) in [6.07, 6.45) is 3.52. The number of hydrogen-bond donors (Lipinski definition) is 0. The fourth-order valence-corrected chi connectivity index (χ4v) is 3.83. The molecule has 0 unspecified atom stereocenters. The summed E-state index contributed by atoms with van der Waals surface area (Å²) in [6.45, 7) is 2.38. The van der Waals surface area contributed by atoms with Crippen LogP contribution in [0.25, 0.3) is 0 Å². The number of hydrogen-bond acceptors (Lipinski definition) is 8. The number of thiazole rings is 1. The highest BCUT2D eigenvalue weighted by molar-refractivity contribution is 7.19. The van der Waals surface area contributed by atoms with Gasteiger partial charge in [-0.25, -0.2) is 4.98 Å². The zero-order valence-corrected chi connectivity index (χ0v) is 14.9. The number of nitrogens with zero attached hydrogens (tertiary/aromatic N) is 5. The van der Waals surface area contributed by atoms with Gasteiger partial charge in [0.1, 0.15) is 10.4 Å². The van der Waals surface area contributed by atoms with Gasteiger partial charge in [-0.1, -0.05) is 28.1 Å². The molecule has 2 aromatic heterocycles. The molecule has 0 N–H and O–H groups in total. The first-order valence-electron chi connectivity index (χ1n) is 7.81. The molecule has 9 heteroatoms. The number of rotatable bonds is 6. The van der Waals surface area contributed by atoms with E-state index < -0.39 is 0 Å². The van der Waals surface area contributed by atoms with Gasteiger partial charge < -0.3 is 14.2 Å². The van der Waals surface area contributed by atoms with Gasteiger partial charge in [0, 0.05) is 33.0 Å². The van der Waals surface area contributed by atoms with Crippen molar-refractivity contribution in [3.8, 4) is 6.07 Å². The summed E-state index contributed by atoms with van der Waals surface area (Å²) >= 11 is 7.38. The van der Waals surface area contributed by atoms with Crippen LogP contribution in [0.1, 0.15) is 30.3 Å². The van der Waals surface area contributed by atoms with E-state index in [0.717, 1.165) is 37.5 Å². The quantitative estimate of drug-likeness (QED) is 0.775. The molecule has 0 spiro atoms. The van der Waals surface area contributed by atoms with Crippen LogP contribution in [0, 0.1) is 17.2 Å². The maximum Gasteiger partial charge on any atom is 0.226 e. The molecule has 1 saturated heterocycles. The molecule has 24 heavy (non-hydrogen) atoms. The van der Waals surface area contributed by atoms with Gasteiger partial charge in [0.25, 0.3) is 0 Å². The first kappa shape index (κ1) is 17.1. The monoisotopic (exact) mass is 367 g/mol. The Morgan fingerprint density at radius 3 is 2.88 bits per heavy atom. The highest BCUT2D eigenvalue weighted by Crippen LogP contribution is 2.33. The third-order valence-corrected chi connectivity index (χ3v) is 5.38. The lowest BCUT2D eigenvalue weighted by molar-refractivity contribution is 0.199. The van der Waals surface area contributed by atoms with Crippen molar-refractivity contribution in [3.05, 3.63) is 21.7 Å². The SMILES string of the molecule is COCCc1noc(CC2CCN(c3nc(C#N)c(Cl)s3)CC2)n1. The van der Waals surface area contributed by atoms with Gasteiger partial charge in [0.2, 0.25) is 5.89 Å². The van der Waals surface area contributed by atoms with E-state index in [0.29, 0.717) is 40.7 Å². The predicted molar refractivity (Wildman–Crippen MR) is 90.4 cm³/mol. The summed E-state index contributed by atoms with van der Waals surface area (Å²) in [5.41, 5.74) is 0.313. The Balaban J connectivity index is 1.51. The van der Waals surface area contributed by atoms with Gasteiger partial charge >= 0.3 is 0 Å². The number of nitriles is 1. The molecule has 0 radical (unpaired) electrons. The topological polar surface area (TPSA) is 88.1 Å². The Kier molecular flexibility index (Phi) is 5.66. The molecule has 0 saturated carbocycles. The summed E-state index contributed by atoms with van der Waals surface area (Å²) in [7, 11) is 1.66. The summed E-state index contributed by atoms with van der Waals surface area (Å²) < 4.78 is 10.8. The second-order valence-corrected chi connectivity index (χ2v) is 7.29. The summed E-state index contributed by atoms with van der Waals surface area (Å²) in [5, 5.41) is 13.8. The Morgan fingerprint density at radius 2 is 2.21 bits per heavy atom. The van der Waals surface area contributed by atoms with Crippen LogP contribution in [0.3, 0.4) is 0 Å². The molecule has 0 amide bonds. The standard InChI is InChI=1S/C15H18ClN5O2S/c1-22-7-4-12-19-13(23-20-12)8-10-2-5-21(6-3-10)15-18-11(9-17)14(16)24-15/h10H,2-8H2,1H3. The molecule has 2 aromatic rings. The van der Waals surface area contributed by atoms with Crippen molar-refractivity contribution in [1.29, 1.82) is 5.26 Å². The average Bonchev–Trinajstić information content (AvgIpc) is 3.20. The molecular weight excluding hydrogens is 350 g/mol. The maximum atomic E-state index is 8.95. The van der Waals surface area contributed by atoms with Crippen LogP contribution in [0.4, 0.5) is 5.13 Å². The number of anilines is 1. The molecule has 0 aliphatic carbocycles. The molecule has 1 aliphatic rings. The first-order valence-corrected chi connectivity index (χ1v) is 9.00. The maximum absolute atomic E-state index is 8.95. The van der Waals surface area contributed by atoms with Crippen molar-refractivity contribution in [2.45, 2.75) is 25.7 Å². The number of aromatic nitrogens is 3. The highest BCUT2D eigenvalue weighted by Gasteiger charge is 2.24. The van der Waals surface area contributed by atoms with Gasteiger partial charge in [-0.15, -0.1) is 0 Å². The number of piperidine rings is 1. The van der Waals surface area contributed by atoms with E-state index in [2.05, 4.69) is 20.0 Å². The molecule has 128 valence electrons. The van der Waals surface area contributed by atoms with E-state index in [4.69, 9.17) is 26.1 Å². The molecule has 0 bridgehead atoms. The predicted octanol–water partition coefficient (Wildman–Crippen LogP) is 2.70.